The molecule has 0 atom stereocenters. The van der Waals surface area contributed by atoms with Crippen LogP contribution in [0, 0.1) is 0 Å². The first-order valence-electron chi connectivity index (χ1n) is 5.54. The third kappa shape index (κ3) is 2.89. The van der Waals surface area contributed by atoms with Gasteiger partial charge in [0.15, 0.2) is 0 Å². The number of hydrogen-bond acceptors (Lipinski definition) is 4. The smallest absolute Gasteiger partial charge is 0.240 e. The first-order chi connectivity index (χ1) is 7.96. The number of nitrogens with one attached hydrogen (secondary N) is 1. The van der Waals surface area contributed by atoms with Crippen LogP contribution in [0.2, 0.25) is 0 Å². The van der Waals surface area contributed by atoms with Gasteiger partial charge in [-0.3, -0.25) is 0 Å². The van der Waals surface area contributed by atoms with Crippen LogP contribution in [0.15, 0.2) is 23.1 Å². The number of rotatable bonds is 5. The van der Waals surface area contributed by atoms with Gasteiger partial charge < -0.3 is 10.6 Å². The fourth-order valence-corrected chi connectivity index (χ4v) is 2.40. The highest BCUT2D eigenvalue weighted by Crippen LogP contribution is 2.26. The second-order valence-electron chi connectivity index (χ2n) is 3.60. The van der Waals surface area contributed by atoms with Crippen LogP contribution in [0.5, 0.6) is 0 Å². The highest BCUT2D eigenvalue weighted by atomic mass is 32.2. The number of sulfonamides is 1. The van der Waals surface area contributed by atoms with Gasteiger partial charge >= 0.3 is 0 Å². The van der Waals surface area contributed by atoms with E-state index in [1.807, 2.05) is 18.7 Å². The lowest BCUT2D eigenvalue weighted by molar-refractivity contribution is 0.588. The van der Waals surface area contributed by atoms with Crippen LogP contribution < -0.4 is 15.4 Å². The highest BCUT2D eigenvalue weighted by molar-refractivity contribution is 7.89. The van der Waals surface area contributed by atoms with Gasteiger partial charge in [0.05, 0.1) is 16.3 Å². The van der Waals surface area contributed by atoms with Gasteiger partial charge in [0, 0.05) is 13.1 Å². The van der Waals surface area contributed by atoms with Crippen LogP contribution in [-0.4, -0.2) is 28.6 Å². The molecule has 1 aromatic carbocycles. The average molecular weight is 257 g/mol. The molecule has 0 heterocycles. The molecule has 0 amide bonds. The molecule has 0 aliphatic rings. The van der Waals surface area contributed by atoms with Gasteiger partial charge in [0.25, 0.3) is 0 Å². The molecule has 0 aliphatic heterocycles. The fraction of sp³-hybridized carbons (Fsp3) is 0.455. The van der Waals surface area contributed by atoms with E-state index in [1.54, 1.807) is 12.1 Å². The molecule has 1 aromatic rings. The van der Waals surface area contributed by atoms with Crippen molar-refractivity contribution in [2.75, 3.05) is 30.8 Å². The van der Waals surface area contributed by atoms with E-state index in [-0.39, 0.29) is 4.90 Å². The minimum absolute atomic E-state index is 0.233. The number of benzene rings is 1. The van der Waals surface area contributed by atoms with Crippen molar-refractivity contribution in [3.05, 3.63) is 18.2 Å². The van der Waals surface area contributed by atoms with Crippen LogP contribution in [0.3, 0.4) is 0 Å². The zero-order chi connectivity index (χ0) is 13.1. The molecular weight excluding hydrogens is 238 g/mol. The van der Waals surface area contributed by atoms with Crippen molar-refractivity contribution in [3.8, 4) is 0 Å². The number of hydrogen-bond donors (Lipinski definition) is 2. The summed E-state index contributed by atoms with van der Waals surface area (Å²) in [7, 11) is -2.03. The number of anilines is 2. The average Bonchev–Trinajstić information content (AvgIpc) is 2.32. The van der Waals surface area contributed by atoms with Crippen LogP contribution in [0.4, 0.5) is 11.4 Å². The number of nitrogens with two attached hydrogens (primary N) is 1. The summed E-state index contributed by atoms with van der Waals surface area (Å²) in [5, 5.41) is 0. The predicted octanol–water partition coefficient (Wildman–Crippen LogP) is 1.02. The van der Waals surface area contributed by atoms with E-state index in [0.29, 0.717) is 5.69 Å². The van der Waals surface area contributed by atoms with Crippen molar-refractivity contribution < 1.29 is 8.42 Å². The largest absolute Gasteiger partial charge is 0.397 e. The van der Waals surface area contributed by atoms with E-state index in [1.165, 1.54) is 13.1 Å². The van der Waals surface area contributed by atoms with Crippen molar-refractivity contribution in [1.29, 1.82) is 0 Å². The molecule has 0 bridgehead atoms. The lowest BCUT2D eigenvalue weighted by Crippen LogP contribution is -2.24. The zero-order valence-electron chi connectivity index (χ0n) is 10.4. The van der Waals surface area contributed by atoms with E-state index < -0.39 is 10.0 Å². The molecule has 1 rings (SSSR count). The molecule has 5 nitrogen and oxygen atoms in total. The van der Waals surface area contributed by atoms with Crippen molar-refractivity contribution in [2.45, 2.75) is 18.7 Å². The third-order valence-electron chi connectivity index (χ3n) is 2.69. The Morgan fingerprint density at radius 2 is 1.88 bits per heavy atom. The van der Waals surface area contributed by atoms with Crippen molar-refractivity contribution in [2.24, 2.45) is 0 Å². The summed E-state index contributed by atoms with van der Waals surface area (Å²) in [6.45, 7) is 5.57. The van der Waals surface area contributed by atoms with Gasteiger partial charge in [0.2, 0.25) is 10.0 Å². The molecule has 17 heavy (non-hydrogen) atoms. The Bertz CT molecular complexity index is 481. The summed E-state index contributed by atoms with van der Waals surface area (Å²) in [6.07, 6.45) is 0. The van der Waals surface area contributed by atoms with Gasteiger partial charge in [-0.25, -0.2) is 13.1 Å². The van der Waals surface area contributed by atoms with E-state index in [0.717, 1.165) is 18.8 Å². The van der Waals surface area contributed by atoms with Crippen molar-refractivity contribution in [1.82, 2.24) is 4.72 Å². The van der Waals surface area contributed by atoms with Crippen molar-refractivity contribution >= 4 is 21.4 Å². The summed E-state index contributed by atoms with van der Waals surface area (Å²) in [6, 6.07) is 4.74. The monoisotopic (exact) mass is 257 g/mol. The summed E-state index contributed by atoms with van der Waals surface area (Å²) < 4.78 is 25.7. The van der Waals surface area contributed by atoms with Crippen LogP contribution in [0.1, 0.15) is 13.8 Å². The standard InChI is InChI=1S/C11H19N3O2S/c1-4-14(5-2)11-8-9(6-7-10(11)12)17(15,16)13-3/h6-8,13H,4-5,12H2,1-3H3. The molecule has 96 valence electrons. The van der Waals surface area contributed by atoms with Gasteiger partial charge in [0.1, 0.15) is 0 Å². The van der Waals surface area contributed by atoms with E-state index in [9.17, 15) is 8.42 Å². The molecule has 0 unspecified atom stereocenters. The molecule has 0 fully saturated rings. The van der Waals surface area contributed by atoms with Gasteiger partial charge in [-0.2, -0.15) is 0 Å². The van der Waals surface area contributed by atoms with E-state index in [4.69, 9.17) is 5.73 Å². The Morgan fingerprint density at radius 1 is 1.29 bits per heavy atom. The number of nitrogens with zero attached hydrogens (tertiary/aromatic N) is 1. The van der Waals surface area contributed by atoms with Crippen LogP contribution in [-0.2, 0) is 10.0 Å². The molecule has 3 N–H and O–H groups in total. The summed E-state index contributed by atoms with van der Waals surface area (Å²) in [5.41, 5.74) is 7.21. The third-order valence-corrected chi connectivity index (χ3v) is 4.10. The second-order valence-corrected chi connectivity index (χ2v) is 5.49. The summed E-state index contributed by atoms with van der Waals surface area (Å²) in [4.78, 5) is 2.25. The molecule has 0 spiro atoms. The predicted molar refractivity (Wildman–Crippen MR) is 70.7 cm³/mol. The Balaban J connectivity index is 3.29. The molecule has 0 saturated heterocycles. The normalized spacial score (nSPS) is 11.5. The molecule has 0 aromatic heterocycles. The molecule has 6 heteroatoms. The Morgan fingerprint density at radius 3 is 2.35 bits per heavy atom. The molecule has 0 saturated carbocycles. The van der Waals surface area contributed by atoms with Crippen LogP contribution >= 0.6 is 0 Å². The Hall–Kier alpha value is -1.27. The summed E-state index contributed by atoms with van der Waals surface area (Å²) >= 11 is 0. The lowest BCUT2D eigenvalue weighted by Gasteiger charge is -2.23. The maximum atomic E-state index is 11.7. The Labute approximate surface area is 103 Å². The highest BCUT2D eigenvalue weighted by Gasteiger charge is 2.15. The maximum Gasteiger partial charge on any atom is 0.240 e. The second kappa shape index (κ2) is 5.37. The Kier molecular flexibility index (Phi) is 4.36. The minimum atomic E-state index is -3.42. The lowest BCUT2D eigenvalue weighted by atomic mass is 10.2. The quantitative estimate of drug-likeness (QED) is 0.772. The van der Waals surface area contributed by atoms with E-state index in [2.05, 4.69) is 4.72 Å². The SMILES string of the molecule is CCN(CC)c1cc(S(=O)(=O)NC)ccc1N. The fourth-order valence-electron chi connectivity index (χ4n) is 1.65. The van der Waals surface area contributed by atoms with Crippen LogP contribution in [0.25, 0.3) is 0 Å². The van der Waals surface area contributed by atoms with Gasteiger partial charge in [-0.15, -0.1) is 0 Å². The molecule has 0 aliphatic carbocycles. The summed E-state index contributed by atoms with van der Waals surface area (Å²) in [5.74, 6) is 0. The van der Waals surface area contributed by atoms with Gasteiger partial charge in [-0.1, -0.05) is 0 Å². The topological polar surface area (TPSA) is 75.4 Å². The molecular formula is C11H19N3O2S. The first-order valence-corrected chi connectivity index (χ1v) is 7.02. The maximum absolute atomic E-state index is 11.7. The van der Waals surface area contributed by atoms with Crippen molar-refractivity contribution in [3.63, 3.8) is 0 Å². The number of nitrogen functional groups attached to an aromatic ring is 1. The molecule has 0 radical (unpaired) electrons. The zero-order valence-corrected chi connectivity index (χ0v) is 11.2. The first kappa shape index (κ1) is 13.8. The van der Waals surface area contributed by atoms with Gasteiger partial charge in [-0.05, 0) is 39.1 Å². The minimum Gasteiger partial charge on any atom is -0.397 e. The van der Waals surface area contributed by atoms with E-state index >= 15 is 0 Å².